The van der Waals surface area contributed by atoms with Gasteiger partial charge in [-0.25, -0.2) is 0 Å². The van der Waals surface area contributed by atoms with Gasteiger partial charge >= 0.3 is 0 Å². The van der Waals surface area contributed by atoms with Crippen LogP contribution in [0.25, 0.3) is 0 Å². The van der Waals surface area contributed by atoms with Gasteiger partial charge in [-0.2, -0.15) is 0 Å². The molecule has 0 aromatic rings. The number of unbranched alkanes of at least 4 members (excludes halogenated alkanes) is 2. The van der Waals surface area contributed by atoms with Gasteiger partial charge in [0.05, 0.1) is 5.60 Å². The first-order valence-corrected chi connectivity index (χ1v) is 7.06. The van der Waals surface area contributed by atoms with Crippen molar-refractivity contribution in [3.8, 4) is 0 Å². The fourth-order valence-electron chi connectivity index (χ4n) is 1.96. The summed E-state index contributed by atoms with van der Waals surface area (Å²) in [5, 5.41) is 10.2. The third kappa shape index (κ3) is 10.5. The topological polar surface area (TPSA) is 20.2 Å². The summed E-state index contributed by atoms with van der Waals surface area (Å²) in [7, 11) is 0. The van der Waals surface area contributed by atoms with E-state index in [-0.39, 0.29) is 0 Å². The predicted octanol–water partition coefficient (Wildman–Crippen LogP) is 4.78. The molecule has 0 rings (SSSR count). The minimum atomic E-state index is -0.428. The van der Waals surface area contributed by atoms with Gasteiger partial charge in [0.2, 0.25) is 0 Å². The Morgan fingerprint density at radius 3 is 1.88 bits per heavy atom. The molecule has 1 atom stereocenters. The molecule has 98 valence electrons. The Labute approximate surface area is 103 Å². The minimum Gasteiger partial charge on any atom is -0.390 e. The lowest BCUT2D eigenvalue weighted by atomic mass is 9.90. The van der Waals surface area contributed by atoms with Crippen molar-refractivity contribution in [2.45, 2.75) is 85.2 Å². The summed E-state index contributed by atoms with van der Waals surface area (Å²) >= 11 is 0. The van der Waals surface area contributed by atoms with Gasteiger partial charge in [-0.3, -0.25) is 0 Å². The van der Waals surface area contributed by atoms with Crippen molar-refractivity contribution in [2.24, 2.45) is 11.8 Å². The Morgan fingerprint density at radius 2 is 1.38 bits per heavy atom. The maximum atomic E-state index is 10.2. The van der Waals surface area contributed by atoms with E-state index in [1.807, 2.05) is 6.92 Å². The van der Waals surface area contributed by atoms with E-state index in [1.165, 1.54) is 25.7 Å². The second-order valence-electron chi connectivity index (χ2n) is 6.42. The fraction of sp³-hybridized carbons (Fsp3) is 1.00. The predicted molar refractivity (Wildman–Crippen MR) is 72.6 cm³/mol. The van der Waals surface area contributed by atoms with Gasteiger partial charge in [0, 0.05) is 0 Å². The molecule has 0 aromatic carbocycles. The molecule has 0 radical (unpaired) electrons. The van der Waals surface area contributed by atoms with E-state index in [1.54, 1.807) is 0 Å². The monoisotopic (exact) mass is 228 g/mol. The summed E-state index contributed by atoms with van der Waals surface area (Å²) in [6.07, 6.45) is 8.16. The van der Waals surface area contributed by atoms with Gasteiger partial charge < -0.3 is 5.11 Å². The van der Waals surface area contributed by atoms with Crippen molar-refractivity contribution >= 4 is 0 Å². The Kier molecular flexibility index (Phi) is 8.09. The third-order valence-electron chi connectivity index (χ3n) is 3.26. The van der Waals surface area contributed by atoms with Gasteiger partial charge in [0.1, 0.15) is 0 Å². The summed E-state index contributed by atoms with van der Waals surface area (Å²) in [4.78, 5) is 0. The second kappa shape index (κ2) is 8.11. The summed E-state index contributed by atoms with van der Waals surface area (Å²) in [6.45, 7) is 11.0. The highest BCUT2D eigenvalue weighted by molar-refractivity contribution is 4.73. The van der Waals surface area contributed by atoms with Crippen molar-refractivity contribution in [3.05, 3.63) is 0 Å². The van der Waals surface area contributed by atoms with Crippen molar-refractivity contribution < 1.29 is 5.11 Å². The second-order valence-corrected chi connectivity index (χ2v) is 6.42. The lowest BCUT2D eigenvalue weighted by Crippen LogP contribution is -2.24. The Morgan fingerprint density at radius 1 is 0.812 bits per heavy atom. The van der Waals surface area contributed by atoms with Gasteiger partial charge in [-0.1, -0.05) is 53.4 Å². The van der Waals surface area contributed by atoms with Crippen LogP contribution in [-0.2, 0) is 0 Å². The average Bonchev–Trinajstić information content (AvgIpc) is 2.14. The molecule has 0 bridgehead atoms. The first-order valence-electron chi connectivity index (χ1n) is 7.06. The zero-order valence-corrected chi connectivity index (χ0v) is 12.1. The number of rotatable bonds is 9. The Hall–Kier alpha value is -0.0400. The molecule has 0 saturated heterocycles. The molecule has 0 aliphatic carbocycles. The molecule has 1 unspecified atom stereocenters. The van der Waals surface area contributed by atoms with Crippen LogP contribution < -0.4 is 0 Å². The van der Waals surface area contributed by atoms with Crippen LogP contribution in [0.5, 0.6) is 0 Å². The summed E-state index contributed by atoms with van der Waals surface area (Å²) in [6, 6.07) is 0. The molecule has 1 N–H and O–H groups in total. The van der Waals surface area contributed by atoms with E-state index < -0.39 is 5.60 Å². The van der Waals surface area contributed by atoms with Gasteiger partial charge in [-0.05, 0) is 38.0 Å². The van der Waals surface area contributed by atoms with Crippen molar-refractivity contribution in [1.82, 2.24) is 0 Å². The normalized spacial score (nSPS) is 15.8. The van der Waals surface area contributed by atoms with Gasteiger partial charge in [0.15, 0.2) is 0 Å². The first kappa shape index (κ1) is 16.0. The maximum absolute atomic E-state index is 10.2. The average molecular weight is 228 g/mol. The molecule has 1 heteroatoms. The number of hydrogen-bond donors (Lipinski definition) is 1. The lowest BCUT2D eigenvalue weighted by Gasteiger charge is -2.24. The van der Waals surface area contributed by atoms with Crippen molar-refractivity contribution in [3.63, 3.8) is 0 Å². The zero-order valence-electron chi connectivity index (χ0n) is 12.1. The van der Waals surface area contributed by atoms with Crippen LogP contribution in [0.4, 0.5) is 0 Å². The van der Waals surface area contributed by atoms with Crippen LogP contribution in [0.2, 0.25) is 0 Å². The van der Waals surface area contributed by atoms with Crippen LogP contribution in [0, 0.1) is 11.8 Å². The van der Waals surface area contributed by atoms with Crippen LogP contribution in [0.3, 0.4) is 0 Å². The minimum absolute atomic E-state index is 0.428. The molecule has 0 aliphatic rings. The smallest absolute Gasteiger partial charge is 0.0619 e. The van der Waals surface area contributed by atoms with E-state index >= 15 is 0 Å². The van der Waals surface area contributed by atoms with Crippen molar-refractivity contribution in [1.29, 1.82) is 0 Å². The van der Waals surface area contributed by atoms with E-state index in [9.17, 15) is 5.11 Å². The molecule has 0 fully saturated rings. The molecule has 0 amide bonds. The van der Waals surface area contributed by atoms with Crippen LogP contribution in [-0.4, -0.2) is 10.7 Å². The van der Waals surface area contributed by atoms with E-state index in [0.717, 1.165) is 25.2 Å². The molecule has 0 aromatic heterocycles. The zero-order chi connectivity index (χ0) is 12.6. The Balaban J connectivity index is 3.50. The molecular formula is C15H32O. The van der Waals surface area contributed by atoms with Crippen LogP contribution in [0.1, 0.15) is 79.6 Å². The molecule has 16 heavy (non-hydrogen) atoms. The standard InChI is InChI=1S/C15H32O/c1-13(2)9-7-6-8-11-15(5,16)12-10-14(3)4/h13-14,16H,6-12H2,1-5H3. The van der Waals surface area contributed by atoms with Crippen molar-refractivity contribution in [2.75, 3.05) is 0 Å². The number of hydrogen-bond acceptors (Lipinski definition) is 1. The lowest BCUT2D eigenvalue weighted by molar-refractivity contribution is 0.0340. The molecule has 0 heterocycles. The highest BCUT2D eigenvalue weighted by atomic mass is 16.3. The largest absolute Gasteiger partial charge is 0.390 e. The van der Waals surface area contributed by atoms with E-state index in [2.05, 4.69) is 27.7 Å². The van der Waals surface area contributed by atoms with Gasteiger partial charge in [-0.15, -0.1) is 0 Å². The summed E-state index contributed by atoms with van der Waals surface area (Å²) < 4.78 is 0. The maximum Gasteiger partial charge on any atom is 0.0619 e. The SMILES string of the molecule is CC(C)CCCCCC(C)(O)CCC(C)C. The fourth-order valence-corrected chi connectivity index (χ4v) is 1.96. The molecule has 0 spiro atoms. The number of aliphatic hydroxyl groups is 1. The third-order valence-corrected chi connectivity index (χ3v) is 3.26. The molecule has 0 aliphatic heterocycles. The summed E-state index contributed by atoms with van der Waals surface area (Å²) in [5.74, 6) is 1.52. The summed E-state index contributed by atoms with van der Waals surface area (Å²) in [5.41, 5.74) is -0.428. The first-order chi connectivity index (χ1) is 7.33. The highest BCUT2D eigenvalue weighted by Crippen LogP contribution is 2.23. The molecule has 0 saturated carbocycles. The van der Waals surface area contributed by atoms with Crippen LogP contribution >= 0.6 is 0 Å². The van der Waals surface area contributed by atoms with E-state index in [4.69, 9.17) is 0 Å². The molecular weight excluding hydrogens is 196 g/mol. The molecule has 1 nitrogen and oxygen atoms in total. The van der Waals surface area contributed by atoms with Gasteiger partial charge in [0.25, 0.3) is 0 Å². The van der Waals surface area contributed by atoms with Crippen LogP contribution in [0.15, 0.2) is 0 Å². The highest BCUT2D eigenvalue weighted by Gasteiger charge is 2.19. The Bertz CT molecular complexity index is 159. The quantitative estimate of drug-likeness (QED) is 0.563. The van der Waals surface area contributed by atoms with E-state index in [0.29, 0.717) is 5.92 Å².